The fraction of sp³-hybridized carbons (Fsp3) is 0.222. The Labute approximate surface area is 143 Å². The van der Waals surface area contributed by atoms with Crippen LogP contribution in [0.2, 0.25) is 0 Å². The number of hydrogen-bond acceptors (Lipinski definition) is 6. The highest BCUT2D eigenvalue weighted by Gasteiger charge is 2.19. The number of nitrogens with zero attached hydrogens (tertiary/aromatic N) is 1. The third-order valence-electron chi connectivity index (χ3n) is 3.89. The summed E-state index contributed by atoms with van der Waals surface area (Å²) in [6, 6.07) is 11.5. The summed E-state index contributed by atoms with van der Waals surface area (Å²) in [5.74, 6) is -0.589. The standard InChI is InChI=1S/C18H17NO6/c1-19-14-9-11(3-8-15(14)25-18(19)22)10-24-17(21)16(20)12-4-6-13(23-2)7-5-12/h3-9,16,20H,10H2,1-2H3. The first-order chi connectivity index (χ1) is 12.0. The minimum absolute atomic E-state index is 0.0264. The van der Waals surface area contributed by atoms with Crippen LogP contribution in [0.15, 0.2) is 51.7 Å². The first-order valence-electron chi connectivity index (χ1n) is 7.56. The van der Waals surface area contributed by atoms with Crippen molar-refractivity contribution < 1.29 is 23.8 Å². The lowest BCUT2D eigenvalue weighted by atomic mass is 10.1. The first-order valence-corrected chi connectivity index (χ1v) is 7.56. The molecule has 25 heavy (non-hydrogen) atoms. The lowest BCUT2D eigenvalue weighted by Gasteiger charge is -2.11. The largest absolute Gasteiger partial charge is 0.497 e. The van der Waals surface area contributed by atoms with Crippen LogP contribution in [-0.4, -0.2) is 22.8 Å². The summed E-state index contributed by atoms with van der Waals surface area (Å²) in [5, 5.41) is 10.1. The SMILES string of the molecule is COc1ccc(C(O)C(=O)OCc2ccc3oc(=O)n(C)c3c2)cc1. The lowest BCUT2D eigenvalue weighted by molar-refractivity contribution is -0.155. The van der Waals surface area contributed by atoms with Gasteiger partial charge in [0.05, 0.1) is 12.6 Å². The van der Waals surface area contributed by atoms with Crippen molar-refractivity contribution in [3.8, 4) is 5.75 Å². The first kappa shape index (κ1) is 16.8. The number of aliphatic hydroxyl groups is 1. The van der Waals surface area contributed by atoms with Gasteiger partial charge in [0.2, 0.25) is 0 Å². The normalized spacial score (nSPS) is 12.1. The Morgan fingerprint density at radius 3 is 2.64 bits per heavy atom. The van der Waals surface area contributed by atoms with E-state index in [9.17, 15) is 14.7 Å². The van der Waals surface area contributed by atoms with E-state index in [1.54, 1.807) is 49.5 Å². The van der Waals surface area contributed by atoms with E-state index in [0.29, 0.717) is 28.0 Å². The molecule has 2 aromatic carbocycles. The number of esters is 1. The summed E-state index contributed by atoms with van der Waals surface area (Å²) in [4.78, 5) is 23.5. The van der Waals surface area contributed by atoms with Crippen molar-refractivity contribution in [3.63, 3.8) is 0 Å². The molecule has 0 fully saturated rings. The van der Waals surface area contributed by atoms with Crippen molar-refractivity contribution in [2.24, 2.45) is 7.05 Å². The fourth-order valence-corrected chi connectivity index (χ4v) is 2.42. The predicted octanol–water partition coefficient (Wildman–Crippen LogP) is 1.92. The van der Waals surface area contributed by atoms with Crippen molar-refractivity contribution in [2.45, 2.75) is 12.7 Å². The number of aliphatic hydroxyl groups excluding tert-OH is 1. The van der Waals surface area contributed by atoms with Crippen molar-refractivity contribution >= 4 is 17.1 Å². The number of benzene rings is 2. The summed E-state index contributed by atoms with van der Waals surface area (Å²) in [5.41, 5.74) is 2.16. The molecule has 0 saturated heterocycles. The Kier molecular flexibility index (Phi) is 4.58. The molecule has 0 spiro atoms. The van der Waals surface area contributed by atoms with E-state index < -0.39 is 17.8 Å². The molecule has 0 bridgehead atoms. The van der Waals surface area contributed by atoms with Crippen molar-refractivity contribution in [1.82, 2.24) is 4.57 Å². The molecule has 1 atom stereocenters. The topological polar surface area (TPSA) is 90.9 Å². The second kappa shape index (κ2) is 6.82. The molecule has 7 heteroatoms. The molecule has 1 N–H and O–H groups in total. The van der Waals surface area contributed by atoms with E-state index >= 15 is 0 Å². The number of hydrogen-bond donors (Lipinski definition) is 1. The molecule has 0 radical (unpaired) electrons. The molecule has 3 rings (SSSR count). The molecule has 130 valence electrons. The van der Waals surface area contributed by atoms with E-state index in [0.717, 1.165) is 0 Å². The average molecular weight is 343 g/mol. The van der Waals surface area contributed by atoms with Gasteiger partial charge in [-0.25, -0.2) is 9.59 Å². The Bertz CT molecular complexity index is 954. The molecule has 7 nitrogen and oxygen atoms in total. The van der Waals surface area contributed by atoms with Gasteiger partial charge in [-0.2, -0.15) is 0 Å². The van der Waals surface area contributed by atoms with Gasteiger partial charge in [-0.3, -0.25) is 4.57 Å². The average Bonchev–Trinajstić information content (AvgIpc) is 2.93. The number of oxazole rings is 1. The van der Waals surface area contributed by atoms with E-state index in [2.05, 4.69) is 0 Å². The number of carbonyl (C=O) groups excluding carboxylic acids is 1. The van der Waals surface area contributed by atoms with E-state index in [1.165, 1.54) is 11.7 Å². The maximum Gasteiger partial charge on any atom is 0.419 e. The minimum Gasteiger partial charge on any atom is -0.497 e. The van der Waals surface area contributed by atoms with E-state index in [-0.39, 0.29) is 6.61 Å². The Morgan fingerprint density at radius 2 is 1.96 bits per heavy atom. The predicted molar refractivity (Wildman–Crippen MR) is 89.2 cm³/mol. The van der Waals surface area contributed by atoms with Crippen molar-refractivity contribution in [3.05, 3.63) is 64.1 Å². The van der Waals surface area contributed by atoms with Crippen molar-refractivity contribution in [1.29, 1.82) is 0 Å². The van der Waals surface area contributed by atoms with Gasteiger partial charge >= 0.3 is 11.7 Å². The molecule has 0 aliphatic rings. The maximum absolute atomic E-state index is 12.0. The molecule has 1 heterocycles. The molecule has 1 unspecified atom stereocenters. The number of fused-ring (bicyclic) bond motifs is 1. The number of rotatable bonds is 5. The molecule has 0 amide bonds. The summed E-state index contributed by atoms with van der Waals surface area (Å²) in [7, 11) is 3.13. The molecule has 3 aromatic rings. The van der Waals surface area contributed by atoms with Gasteiger partial charge < -0.3 is 19.0 Å². The van der Waals surface area contributed by atoms with Crippen LogP contribution in [0.3, 0.4) is 0 Å². The minimum atomic E-state index is -1.38. The quantitative estimate of drug-likeness (QED) is 0.712. The number of aromatic nitrogens is 1. The van der Waals surface area contributed by atoms with Crippen LogP contribution in [0.25, 0.3) is 11.1 Å². The Morgan fingerprint density at radius 1 is 1.24 bits per heavy atom. The van der Waals surface area contributed by atoms with Crippen LogP contribution in [0, 0.1) is 0 Å². The monoisotopic (exact) mass is 343 g/mol. The molecule has 0 aliphatic carbocycles. The molecule has 0 aliphatic heterocycles. The Balaban J connectivity index is 1.68. The van der Waals surface area contributed by atoms with E-state index in [4.69, 9.17) is 13.9 Å². The van der Waals surface area contributed by atoms with Crippen LogP contribution >= 0.6 is 0 Å². The molecular weight excluding hydrogens is 326 g/mol. The van der Waals surface area contributed by atoms with Crippen LogP contribution < -0.4 is 10.5 Å². The lowest BCUT2D eigenvalue weighted by Crippen LogP contribution is -2.15. The van der Waals surface area contributed by atoms with Gasteiger partial charge in [-0.05, 0) is 35.4 Å². The summed E-state index contributed by atoms with van der Waals surface area (Å²) >= 11 is 0. The Hall–Kier alpha value is -3.06. The number of ether oxygens (including phenoxy) is 2. The fourth-order valence-electron chi connectivity index (χ4n) is 2.42. The van der Waals surface area contributed by atoms with Gasteiger partial charge in [0.25, 0.3) is 0 Å². The summed E-state index contributed by atoms with van der Waals surface area (Å²) in [6.45, 7) is -0.0264. The van der Waals surface area contributed by atoms with Crippen LogP contribution in [-0.2, 0) is 23.2 Å². The summed E-state index contributed by atoms with van der Waals surface area (Å²) in [6.07, 6.45) is -1.38. The van der Waals surface area contributed by atoms with Crippen LogP contribution in [0.5, 0.6) is 5.75 Å². The number of methoxy groups -OCH3 is 1. The molecular formula is C18H17NO6. The van der Waals surface area contributed by atoms with Gasteiger partial charge in [-0.15, -0.1) is 0 Å². The highest BCUT2D eigenvalue weighted by Crippen LogP contribution is 2.20. The maximum atomic E-state index is 12.0. The second-order valence-corrected chi connectivity index (χ2v) is 5.51. The van der Waals surface area contributed by atoms with E-state index in [1.807, 2.05) is 0 Å². The third kappa shape index (κ3) is 3.41. The smallest absolute Gasteiger partial charge is 0.419 e. The van der Waals surface area contributed by atoms with Crippen LogP contribution in [0.4, 0.5) is 0 Å². The van der Waals surface area contributed by atoms with Gasteiger partial charge in [0, 0.05) is 7.05 Å². The highest BCUT2D eigenvalue weighted by atomic mass is 16.5. The number of aryl methyl sites for hydroxylation is 1. The number of carbonyl (C=O) groups is 1. The third-order valence-corrected chi connectivity index (χ3v) is 3.89. The second-order valence-electron chi connectivity index (χ2n) is 5.51. The van der Waals surface area contributed by atoms with Gasteiger partial charge in [0.15, 0.2) is 11.7 Å². The zero-order valence-electron chi connectivity index (χ0n) is 13.8. The summed E-state index contributed by atoms with van der Waals surface area (Å²) < 4.78 is 16.6. The zero-order valence-corrected chi connectivity index (χ0v) is 13.8. The zero-order chi connectivity index (χ0) is 18.0. The van der Waals surface area contributed by atoms with Gasteiger partial charge in [0.1, 0.15) is 12.4 Å². The molecule has 1 aromatic heterocycles. The highest BCUT2D eigenvalue weighted by molar-refractivity contribution is 5.77. The van der Waals surface area contributed by atoms with Crippen molar-refractivity contribution in [2.75, 3.05) is 7.11 Å². The molecule has 0 saturated carbocycles. The van der Waals surface area contributed by atoms with Gasteiger partial charge in [-0.1, -0.05) is 18.2 Å². The van der Waals surface area contributed by atoms with Crippen LogP contribution in [0.1, 0.15) is 17.2 Å².